The Morgan fingerprint density at radius 3 is 2.45 bits per heavy atom. The Hall–Kier alpha value is -1.50. The van der Waals surface area contributed by atoms with E-state index in [1.54, 1.807) is 19.9 Å². The quantitative estimate of drug-likeness (QED) is 0.918. The van der Waals surface area contributed by atoms with Crippen molar-refractivity contribution in [2.75, 3.05) is 0 Å². The standard InChI is InChI=1S/C15H14ClF2NO2S/c1-9-6-15(10(2)5-13(9)16)22(20,21)19-8-11-7-12(17)3-4-14(11)18/h3-7,19H,8H2,1-2H3. The van der Waals surface area contributed by atoms with E-state index in [2.05, 4.69) is 4.72 Å². The molecule has 0 saturated heterocycles. The summed E-state index contributed by atoms with van der Waals surface area (Å²) < 4.78 is 53.5. The van der Waals surface area contributed by atoms with Crippen LogP contribution in [0.2, 0.25) is 5.02 Å². The van der Waals surface area contributed by atoms with Gasteiger partial charge in [0.05, 0.1) is 4.90 Å². The average molecular weight is 346 g/mol. The van der Waals surface area contributed by atoms with E-state index in [0.29, 0.717) is 16.1 Å². The van der Waals surface area contributed by atoms with Gasteiger partial charge < -0.3 is 0 Å². The smallest absolute Gasteiger partial charge is 0.207 e. The van der Waals surface area contributed by atoms with Crippen molar-refractivity contribution < 1.29 is 17.2 Å². The van der Waals surface area contributed by atoms with Gasteiger partial charge in [0.1, 0.15) is 11.6 Å². The summed E-state index contributed by atoms with van der Waals surface area (Å²) >= 11 is 5.94. The fraction of sp³-hybridized carbons (Fsp3) is 0.200. The highest BCUT2D eigenvalue weighted by atomic mass is 35.5. The van der Waals surface area contributed by atoms with Crippen molar-refractivity contribution in [2.45, 2.75) is 25.3 Å². The van der Waals surface area contributed by atoms with Crippen LogP contribution in [0.25, 0.3) is 0 Å². The summed E-state index contributed by atoms with van der Waals surface area (Å²) in [6.07, 6.45) is 0. The fourth-order valence-electron chi connectivity index (χ4n) is 1.97. The Kier molecular flexibility index (Phi) is 4.84. The van der Waals surface area contributed by atoms with Crippen molar-refractivity contribution in [3.8, 4) is 0 Å². The second-order valence-electron chi connectivity index (χ2n) is 4.93. The first-order valence-electron chi connectivity index (χ1n) is 6.41. The Morgan fingerprint density at radius 2 is 1.77 bits per heavy atom. The molecule has 0 saturated carbocycles. The summed E-state index contributed by atoms with van der Waals surface area (Å²) in [6.45, 7) is 2.96. The first-order valence-corrected chi connectivity index (χ1v) is 8.27. The molecule has 0 radical (unpaired) electrons. The van der Waals surface area contributed by atoms with Gasteiger partial charge >= 0.3 is 0 Å². The van der Waals surface area contributed by atoms with E-state index in [0.717, 1.165) is 18.2 Å². The summed E-state index contributed by atoms with van der Waals surface area (Å²) in [4.78, 5) is 0.0613. The summed E-state index contributed by atoms with van der Waals surface area (Å²) in [5, 5.41) is 0.465. The molecule has 0 spiro atoms. The number of nitrogens with one attached hydrogen (secondary N) is 1. The second kappa shape index (κ2) is 6.32. The van der Waals surface area contributed by atoms with Gasteiger partial charge in [0, 0.05) is 17.1 Å². The number of rotatable bonds is 4. The summed E-state index contributed by atoms with van der Waals surface area (Å²) in [5.74, 6) is -1.30. The van der Waals surface area contributed by atoms with E-state index < -0.39 is 21.7 Å². The molecule has 0 unspecified atom stereocenters. The van der Waals surface area contributed by atoms with Crippen LogP contribution in [-0.2, 0) is 16.6 Å². The van der Waals surface area contributed by atoms with Crippen molar-refractivity contribution in [1.82, 2.24) is 4.72 Å². The number of sulfonamides is 1. The fourth-order valence-corrected chi connectivity index (χ4v) is 3.51. The predicted octanol–water partition coefficient (Wildman–Crippen LogP) is 3.71. The maximum Gasteiger partial charge on any atom is 0.241 e. The minimum atomic E-state index is -3.86. The van der Waals surface area contributed by atoms with Gasteiger partial charge in [-0.15, -0.1) is 0 Å². The molecule has 0 aliphatic heterocycles. The van der Waals surface area contributed by atoms with Gasteiger partial charge in [-0.25, -0.2) is 21.9 Å². The van der Waals surface area contributed by atoms with Crippen LogP contribution in [0.3, 0.4) is 0 Å². The topological polar surface area (TPSA) is 46.2 Å². The van der Waals surface area contributed by atoms with E-state index in [4.69, 9.17) is 11.6 Å². The van der Waals surface area contributed by atoms with Crippen LogP contribution in [0.15, 0.2) is 35.2 Å². The van der Waals surface area contributed by atoms with Gasteiger partial charge in [-0.3, -0.25) is 0 Å². The van der Waals surface area contributed by atoms with Crippen molar-refractivity contribution in [2.24, 2.45) is 0 Å². The zero-order valence-corrected chi connectivity index (χ0v) is 13.5. The second-order valence-corrected chi connectivity index (χ2v) is 7.07. The Labute approximate surface area is 133 Å². The molecule has 118 valence electrons. The summed E-state index contributed by atoms with van der Waals surface area (Å²) in [5.41, 5.74) is 1.03. The van der Waals surface area contributed by atoms with Crippen LogP contribution in [-0.4, -0.2) is 8.42 Å². The maximum atomic E-state index is 13.5. The van der Waals surface area contributed by atoms with Crippen LogP contribution in [0.1, 0.15) is 16.7 Å². The number of halogens is 3. The minimum absolute atomic E-state index is 0.0613. The molecule has 2 rings (SSSR count). The molecular formula is C15H14ClF2NO2S. The Bertz CT molecular complexity index is 823. The highest BCUT2D eigenvalue weighted by Crippen LogP contribution is 2.24. The number of hydrogen-bond acceptors (Lipinski definition) is 2. The first kappa shape index (κ1) is 16.9. The first-order chi connectivity index (χ1) is 10.2. The maximum absolute atomic E-state index is 13.5. The number of benzene rings is 2. The zero-order chi connectivity index (χ0) is 16.5. The summed E-state index contributed by atoms with van der Waals surface area (Å²) in [7, 11) is -3.86. The van der Waals surface area contributed by atoms with Gasteiger partial charge in [-0.05, 0) is 55.3 Å². The zero-order valence-electron chi connectivity index (χ0n) is 12.0. The molecule has 1 N–H and O–H groups in total. The number of aryl methyl sites for hydroxylation is 2. The molecule has 0 heterocycles. The highest BCUT2D eigenvalue weighted by Gasteiger charge is 2.18. The van der Waals surface area contributed by atoms with Crippen molar-refractivity contribution in [3.05, 3.63) is 63.7 Å². The molecule has 0 atom stereocenters. The van der Waals surface area contributed by atoms with E-state index in [1.807, 2.05) is 0 Å². The van der Waals surface area contributed by atoms with E-state index in [1.165, 1.54) is 6.07 Å². The van der Waals surface area contributed by atoms with Crippen LogP contribution in [0.4, 0.5) is 8.78 Å². The molecule has 0 aromatic heterocycles. The van der Waals surface area contributed by atoms with Gasteiger partial charge in [0.15, 0.2) is 0 Å². The number of hydrogen-bond donors (Lipinski definition) is 1. The largest absolute Gasteiger partial charge is 0.241 e. The lowest BCUT2D eigenvalue weighted by Gasteiger charge is -2.11. The van der Waals surface area contributed by atoms with E-state index in [-0.39, 0.29) is 17.0 Å². The molecule has 0 bridgehead atoms. The molecule has 22 heavy (non-hydrogen) atoms. The highest BCUT2D eigenvalue weighted by molar-refractivity contribution is 7.89. The monoisotopic (exact) mass is 345 g/mol. The van der Waals surface area contributed by atoms with Gasteiger partial charge in [-0.1, -0.05) is 11.6 Å². The van der Waals surface area contributed by atoms with Gasteiger partial charge in [-0.2, -0.15) is 0 Å². The molecule has 0 aliphatic rings. The lowest BCUT2D eigenvalue weighted by molar-refractivity contribution is 0.566. The predicted molar refractivity (Wildman–Crippen MR) is 81.3 cm³/mol. The van der Waals surface area contributed by atoms with Crippen LogP contribution < -0.4 is 4.72 Å². The molecule has 2 aromatic rings. The Balaban J connectivity index is 2.29. The summed E-state index contributed by atoms with van der Waals surface area (Å²) in [6, 6.07) is 5.88. The van der Waals surface area contributed by atoms with Gasteiger partial charge in [0.25, 0.3) is 0 Å². The van der Waals surface area contributed by atoms with E-state index in [9.17, 15) is 17.2 Å². The molecular weight excluding hydrogens is 332 g/mol. The van der Waals surface area contributed by atoms with E-state index >= 15 is 0 Å². The minimum Gasteiger partial charge on any atom is -0.207 e. The van der Waals surface area contributed by atoms with Crippen LogP contribution in [0.5, 0.6) is 0 Å². The molecule has 0 aliphatic carbocycles. The Morgan fingerprint density at radius 1 is 1.09 bits per heavy atom. The van der Waals surface area contributed by atoms with Crippen LogP contribution in [0, 0.1) is 25.5 Å². The van der Waals surface area contributed by atoms with Crippen molar-refractivity contribution in [1.29, 1.82) is 0 Å². The van der Waals surface area contributed by atoms with Crippen molar-refractivity contribution in [3.63, 3.8) is 0 Å². The van der Waals surface area contributed by atoms with Crippen LogP contribution >= 0.6 is 11.6 Å². The molecule has 2 aromatic carbocycles. The molecule has 0 fully saturated rings. The van der Waals surface area contributed by atoms with Crippen molar-refractivity contribution >= 4 is 21.6 Å². The third kappa shape index (κ3) is 3.63. The molecule has 0 amide bonds. The molecule has 3 nitrogen and oxygen atoms in total. The third-order valence-electron chi connectivity index (χ3n) is 3.21. The lowest BCUT2D eigenvalue weighted by atomic mass is 10.2. The third-order valence-corrected chi connectivity index (χ3v) is 5.16. The lowest BCUT2D eigenvalue weighted by Crippen LogP contribution is -2.24. The SMILES string of the molecule is Cc1cc(S(=O)(=O)NCc2cc(F)ccc2F)c(C)cc1Cl. The van der Waals surface area contributed by atoms with Gasteiger partial charge in [0.2, 0.25) is 10.0 Å². The average Bonchev–Trinajstić information content (AvgIpc) is 2.43. The normalized spacial score (nSPS) is 11.7. The molecule has 7 heteroatoms.